The zero-order valence-corrected chi connectivity index (χ0v) is 26.0. The van der Waals surface area contributed by atoms with Gasteiger partial charge in [0.25, 0.3) is 0 Å². The Morgan fingerprint density at radius 1 is 0.514 bits per heavy atom. The van der Waals surface area contributed by atoms with Crippen molar-refractivity contribution in [3.05, 3.63) is 24.4 Å². The van der Waals surface area contributed by atoms with E-state index in [-0.39, 0.29) is 29.7 Å². The zero-order valence-electron chi connectivity index (χ0n) is 26.0. The van der Waals surface area contributed by atoms with E-state index >= 15 is 0 Å². The minimum Gasteiger partial charge on any atom is -0.289 e. The van der Waals surface area contributed by atoms with E-state index in [0.717, 1.165) is 30.7 Å². The van der Waals surface area contributed by atoms with Crippen molar-refractivity contribution in [2.24, 2.45) is 27.7 Å². The second kappa shape index (κ2) is 76.5. The summed E-state index contributed by atoms with van der Waals surface area (Å²) in [6, 6.07) is 0. The Labute approximate surface area is 243 Å². The van der Waals surface area contributed by atoms with Crippen LogP contribution in [0, 0.1) is 17.8 Å². The second-order valence-electron chi connectivity index (χ2n) is 8.86. The van der Waals surface area contributed by atoms with Gasteiger partial charge < -0.3 is 0 Å². The number of aliphatic imine (C=N–C) groups is 2. The van der Waals surface area contributed by atoms with Crippen molar-refractivity contribution in [3.63, 3.8) is 0 Å². The summed E-state index contributed by atoms with van der Waals surface area (Å²) < 4.78 is 0. The standard InChI is InChI=1S/C5H10.2C4H5N.3C4H10.3C2H6.4CH4/c3*1-2-4-5-3-1;3*1-4(2)3;3*1-2;;;;/h1-5H2;1,3-4H,2H2;1-3H,4H2;3*4H,1-3H3;3*1-2H3;4*1H4. The first-order chi connectivity index (χ1) is 15.7. The van der Waals surface area contributed by atoms with Crippen LogP contribution in [0.25, 0.3) is 0 Å². The summed E-state index contributed by atoms with van der Waals surface area (Å²) in [5.74, 6) is 2.50. The predicted octanol–water partition coefficient (Wildman–Crippen LogP) is 14.2. The van der Waals surface area contributed by atoms with E-state index in [1.165, 1.54) is 32.1 Å². The molecule has 3 aliphatic rings. The molecule has 3 rings (SSSR count). The van der Waals surface area contributed by atoms with Crippen molar-refractivity contribution in [1.29, 1.82) is 0 Å². The second-order valence-corrected chi connectivity index (χ2v) is 8.86. The van der Waals surface area contributed by atoms with Crippen LogP contribution >= 0.6 is 0 Å². The first-order valence-corrected chi connectivity index (χ1v) is 14.0. The molecule has 0 atom stereocenters. The summed E-state index contributed by atoms with van der Waals surface area (Å²) in [6.07, 6.45) is 20.0. The van der Waals surface area contributed by atoms with Crippen LogP contribution in [0.3, 0.4) is 0 Å². The average Bonchev–Trinajstić information content (AvgIpc) is 3.59. The summed E-state index contributed by atoms with van der Waals surface area (Å²) in [7, 11) is 0. The number of hydrogen-bond acceptors (Lipinski definition) is 2. The number of rotatable bonds is 0. The first kappa shape index (κ1) is 65.1. The van der Waals surface area contributed by atoms with Gasteiger partial charge in [0.05, 0.1) is 6.54 Å². The topological polar surface area (TPSA) is 24.7 Å². The Kier molecular flexibility index (Phi) is 135. The third-order valence-corrected chi connectivity index (χ3v) is 2.33. The van der Waals surface area contributed by atoms with Crippen LogP contribution in [0.2, 0.25) is 0 Å². The Hall–Kier alpha value is -1.18. The van der Waals surface area contributed by atoms with Gasteiger partial charge in [-0.2, -0.15) is 0 Å². The number of nitrogens with zero attached hydrogens (tertiary/aromatic N) is 2. The number of allylic oxidation sites excluding steroid dienone is 2. The van der Waals surface area contributed by atoms with E-state index in [1.54, 1.807) is 12.4 Å². The molecule has 0 aromatic rings. The fourth-order valence-corrected chi connectivity index (χ4v) is 1.49. The van der Waals surface area contributed by atoms with Gasteiger partial charge in [-0.15, -0.1) is 0 Å². The van der Waals surface area contributed by atoms with Gasteiger partial charge in [0, 0.05) is 25.0 Å². The Morgan fingerprint density at radius 2 is 0.811 bits per heavy atom. The molecular formula is C35H84N2. The summed E-state index contributed by atoms with van der Waals surface area (Å²) >= 11 is 0. The lowest BCUT2D eigenvalue weighted by Gasteiger charge is -1.79. The fourth-order valence-electron chi connectivity index (χ4n) is 1.49. The summed E-state index contributed by atoms with van der Waals surface area (Å²) in [5.41, 5.74) is 0. The Bertz CT molecular complexity index is 285. The molecule has 0 aromatic carbocycles. The molecule has 2 aliphatic heterocycles. The summed E-state index contributed by atoms with van der Waals surface area (Å²) in [6.45, 7) is 32.4. The van der Waals surface area contributed by atoms with Gasteiger partial charge >= 0.3 is 0 Å². The molecule has 0 unspecified atom stereocenters. The van der Waals surface area contributed by atoms with E-state index in [9.17, 15) is 0 Å². The molecule has 0 spiro atoms. The molecule has 234 valence electrons. The lowest BCUT2D eigenvalue weighted by Crippen LogP contribution is -1.66. The van der Waals surface area contributed by atoms with Crippen LogP contribution in [0.5, 0.6) is 0 Å². The molecule has 37 heavy (non-hydrogen) atoms. The van der Waals surface area contributed by atoms with Crippen LogP contribution in [-0.2, 0) is 0 Å². The van der Waals surface area contributed by atoms with Gasteiger partial charge in [0.2, 0.25) is 0 Å². The van der Waals surface area contributed by atoms with Gasteiger partial charge in [-0.3, -0.25) is 9.98 Å². The molecule has 0 aromatic heterocycles. The largest absolute Gasteiger partial charge is 0.289 e. The van der Waals surface area contributed by atoms with Gasteiger partial charge in [-0.1, -0.05) is 178 Å². The Balaban J connectivity index is -0.0000000279. The molecular weight excluding hydrogens is 448 g/mol. The highest BCUT2D eigenvalue weighted by molar-refractivity contribution is 5.73. The molecule has 0 N–H and O–H groups in total. The van der Waals surface area contributed by atoms with E-state index in [0.29, 0.717) is 0 Å². The van der Waals surface area contributed by atoms with Crippen molar-refractivity contribution in [2.45, 2.75) is 172 Å². The van der Waals surface area contributed by atoms with Gasteiger partial charge in [-0.05, 0) is 23.8 Å². The zero-order chi connectivity index (χ0) is 27.3. The van der Waals surface area contributed by atoms with E-state index < -0.39 is 0 Å². The molecule has 0 radical (unpaired) electrons. The molecule has 1 fully saturated rings. The van der Waals surface area contributed by atoms with Crippen LogP contribution in [0.1, 0.15) is 172 Å². The SMILES string of the molecule is C.C.C.C.C1=CCN=C1.C1=CN=CC1.C1CCCC1.CC.CC.CC.CC(C)C.CC(C)C.CC(C)C. The molecule has 1 saturated carbocycles. The van der Waals surface area contributed by atoms with Crippen LogP contribution in [0.4, 0.5) is 0 Å². The van der Waals surface area contributed by atoms with Crippen molar-refractivity contribution >= 4 is 12.4 Å². The highest BCUT2D eigenvalue weighted by Crippen LogP contribution is 2.15. The van der Waals surface area contributed by atoms with Crippen LogP contribution in [-0.4, -0.2) is 19.0 Å². The van der Waals surface area contributed by atoms with E-state index in [4.69, 9.17) is 0 Å². The fraction of sp³-hybridized carbons (Fsp3) is 0.829. The van der Waals surface area contributed by atoms with E-state index in [1.807, 2.05) is 66.0 Å². The summed E-state index contributed by atoms with van der Waals surface area (Å²) in [5, 5.41) is 0. The monoisotopic (exact) mass is 533 g/mol. The van der Waals surface area contributed by atoms with Gasteiger partial charge in [-0.25, -0.2) is 0 Å². The molecule has 0 amide bonds. The van der Waals surface area contributed by atoms with Crippen LogP contribution in [0.15, 0.2) is 34.4 Å². The molecule has 2 heterocycles. The average molecular weight is 533 g/mol. The minimum atomic E-state index is 0. The maximum absolute atomic E-state index is 3.85. The van der Waals surface area contributed by atoms with E-state index in [2.05, 4.69) is 72.3 Å². The number of hydrogen-bond donors (Lipinski definition) is 0. The maximum Gasteiger partial charge on any atom is 0.0573 e. The normalized spacial score (nSPS) is 11.4. The van der Waals surface area contributed by atoms with Gasteiger partial charge in [0.1, 0.15) is 0 Å². The van der Waals surface area contributed by atoms with Crippen molar-refractivity contribution < 1.29 is 0 Å². The lowest BCUT2D eigenvalue weighted by atomic mass is 10.3. The third-order valence-electron chi connectivity index (χ3n) is 2.33. The lowest BCUT2D eigenvalue weighted by molar-refractivity contribution is 0.736. The van der Waals surface area contributed by atoms with Crippen molar-refractivity contribution in [2.75, 3.05) is 6.54 Å². The minimum absolute atomic E-state index is 0. The Morgan fingerprint density at radius 3 is 0.892 bits per heavy atom. The molecule has 2 nitrogen and oxygen atoms in total. The molecule has 2 heteroatoms. The predicted molar refractivity (Wildman–Crippen MR) is 190 cm³/mol. The highest BCUT2D eigenvalue weighted by atomic mass is 14.7. The first-order valence-electron chi connectivity index (χ1n) is 14.0. The quantitative estimate of drug-likeness (QED) is 0.296. The van der Waals surface area contributed by atoms with Crippen molar-refractivity contribution in [1.82, 2.24) is 0 Å². The van der Waals surface area contributed by atoms with Gasteiger partial charge in [0.15, 0.2) is 0 Å². The van der Waals surface area contributed by atoms with Crippen molar-refractivity contribution in [3.8, 4) is 0 Å². The third kappa shape index (κ3) is 196. The van der Waals surface area contributed by atoms with Crippen LogP contribution < -0.4 is 0 Å². The maximum atomic E-state index is 3.85. The molecule has 0 saturated heterocycles. The highest BCUT2D eigenvalue weighted by Gasteiger charge is 1.95. The molecule has 0 bridgehead atoms. The smallest absolute Gasteiger partial charge is 0.0573 e. The summed E-state index contributed by atoms with van der Waals surface area (Å²) in [4.78, 5) is 7.62. The molecule has 1 aliphatic carbocycles.